The van der Waals surface area contributed by atoms with Crippen LogP contribution in [0.1, 0.15) is 21.1 Å². The maximum absolute atomic E-state index is 11.7. The molecular weight excluding hydrogens is 290 g/mol. The summed E-state index contributed by atoms with van der Waals surface area (Å²) in [6.45, 7) is 2.40. The number of carbonyl (C=O) groups excluding carboxylic acids is 1. The number of carbonyl (C=O) groups is 2. The molecule has 0 spiro atoms. The van der Waals surface area contributed by atoms with Crippen molar-refractivity contribution in [2.45, 2.75) is 13.3 Å². The summed E-state index contributed by atoms with van der Waals surface area (Å²) < 4.78 is 0. The molecule has 0 aliphatic heterocycles. The largest absolute Gasteiger partial charge is 0.478 e. The Morgan fingerprint density at radius 3 is 2.86 bits per heavy atom. The quantitative estimate of drug-likeness (QED) is 0.791. The van der Waals surface area contributed by atoms with Crippen LogP contribution >= 0.6 is 11.3 Å². The molecule has 0 unspecified atom stereocenters. The van der Waals surface area contributed by atoms with Crippen LogP contribution in [0.5, 0.6) is 0 Å². The minimum absolute atomic E-state index is 0.131. The monoisotopic (exact) mass is 305 g/mol. The van der Waals surface area contributed by atoms with E-state index in [1.54, 1.807) is 23.5 Å². The maximum Gasteiger partial charge on any atom is 0.335 e. The number of anilines is 1. The Labute approximate surface area is 125 Å². The second-order valence-electron chi connectivity index (χ2n) is 4.40. The lowest BCUT2D eigenvalue weighted by atomic mass is 10.2. The number of carboxylic acid groups (broad SMARTS) is 1. The van der Waals surface area contributed by atoms with Crippen molar-refractivity contribution in [3.05, 3.63) is 45.9 Å². The van der Waals surface area contributed by atoms with Crippen LogP contribution < -0.4 is 10.6 Å². The third kappa shape index (κ3) is 4.57. The third-order valence-corrected chi connectivity index (χ3v) is 3.68. The van der Waals surface area contributed by atoms with Crippen molar-refractivity contribution >= 4 is 29.0 Å². The summed E-state index contributed by atoms with van der Waals surface area (Å²) in [7, 11) is 0. The summed E-state index contributed by atoms with van der Waals surface area (Å²) in [5.74, 6) is -1.03. The Balaban J connectivity index is 1.81. The van der Waals surface area contributed by atoms with Gasteiger partial charge in [0.25, 0.3) is 0 Å². The van der Waals surface area contributed by atoms with Crippen LogP contribution in [0.4, 0.5) is 10.5 Å². The molecule has 2 rings (SSSR count). The van der Waals surface area contributed by atoms with Crippen molar-refractivity contribution in [1.29, 1.82) is 0 Å². The molecule has 0 radical (unpaired) electrons. The van der Waals surface area contributed by atoms with Crippen molar-refractivity contribution in [3.63, 3.8) is 0 Å². The number of aromatic carboxylic acids is 1. The van der Waals surface area contributed by atoms with Gasteiger partial charge in [0.1, 0.15) is 0 Å². The normalized spacial score (nSPS) is 10.1. The number of aromatic nitrogens is 1. The molecule has 1 aromatic heterocycles. The summed E-state index contributed by atoms with van der Waals surface area (Å²) in [5, 5.41) is 17.1. The van der Waals surface area contributed by atoms with E-state index >= 15 is 0 Å². The number of benzene rings is 1. The number of nitrogens with zero attached hydrogens (tertiary/aromatic N) is 1. The molecule has 2 amide bonds. The molecule has 3 N–H and O–H groups in total. The molecule has 6 nitrogen and oxygen atoms in total. The summed E-state index contributed by atoms with van der Waals surface area (Å²) >= 11 is 1.56. The SMILES string of the molecule is Cc1csc(CCNC(=O)Nc2cccc(C(=O)O)c2)n1. The van der Waals surface area contributed by atoms with Gasteiger partial charge in [-0.25, -0.2) is 14.6 Å². The van der Waals surface area contributed by atoms with Crippen molar-refractivity contribution in [2.75, 3.05) is 11.9 Å². The summed E-state index contributed by atoms with van der Waals surface area (Å²) in [5.41, 5.74) is 1.55. The average Bonchev–Trinajstić information content (AvgIpc) is 2.84. The molecular formula is C14H15N3O3S. The molecule has 1 aromatic carbocycles. The van der Waals surface area contributed by atoms with E-state index in [9.17, 15) is 9.59 Å². The highest BCUT2D eigenvalue weighted by molar-refractivity contribution is 7.09. The Morgan fingerprint density at radius 2 is 2.19 bits per heavy atom. The lowest BCUT2D eigenvalue weighted by Crippen LogP contribution is -2.30. The minimum Gasteiger partial charge on any atom is -0.478 e. The lowest BCUT2D eigenvalue weighted by molar-refractivity contribution is 0.0697. The number of amides is 2. The van der Waals surface area contributed by atoms with Gasteiger partial charge in [0.05, 0.1) is 10.6 Å². The van der Waals surface area contributed by atoms with Crippen LogP contribution in [0.25, 0.3) is 0 Å². The van der Waals surface area contributed by atoms with Crippen molar-refractivity contribution in [3.8, 4) is 0 Å². The van der Waals surface area contributed by atoms with E-state index in [4.69, 9.17) is 5.11 Å². The lowest BCUT2D eigenvalue weighted by Gasteiger charge is -2.07. The predicted octanol–water partition coefficient (Wildman–Crippen LogP) is 2.51. The van der Waals surface area contributed by atoms with Gasteiger partial charge in [-0.15, -0.1) is 11.3 Å². The topological polar surface area (TPSA) is 91.3 Å². The molecule has 0 atom stereocenters. The third-order valence-electron chi connectivity index (χ3n) is 2.66. The highest BCUT2D eigenvalue weighted by atomic mass is 32.1. The van der Waals surface area contributed by atoms with Gasteiger partial charge in [-0.05, 0) is 25.1 Å². The fourth-order valence-corrected chi connectivity index (χ4v) is 2.48. The molecule has 7 heteroatoms. The zero-order valence-corrected chi connectivity index (χ0v) is 12.2. The first-order valence-electron chi connectivity index (χ1n) is 6.34. The van der Waals surface area contributed by atoms with Crippen LogP contribution in [0.15, 0.2) is 29.6 Å². The molecule has 0 saturated carbocycles. The van der Waals surface area contributed by atoms with E-state index in [0.717, 1.165) is 10.7 Å². The number of urea groups is 1. The Bertz CT molecular complexity index is 654. The zero-order chi connectivity index (χ0) is 15.2. The predicted molar refractivity (Wildman–Crippen MR) is 81.0 cm³/mol. The van der Waals surface area contributed by atoms with Gasteiger partial charge in [0, 0.05) is 29.7 Å². The molecule has 2 aromatic rings. The summed E-state index contributed by atoms with van der Waals surface area (Å²) in [6, 6.07) is 5.72. The second kappa shape index (κ2) is 6.85. The highest BCUT2D eigenvalue weighted by Gasteiger charge is 2.06. The number of thiazole rings is 1. The fourth-order valence-electron chi connectivity index (χ4n) is 1.71. The Hall–Kier alpha value is -2.41. The number of rotatable bonds is 5. The van der Waals surface area contributed by atoms with Crippen molar-refractivity contribution in [2.24, 2.45) is 0 Å². The van der Waals surface area contributed by atoms with Gasteiger partial charge in [-0.2, -0.15) is 0 Å². The Morgan fingerprint density at radius 1 is 1.38 bits per heavy atom. The molecule has 0 fully saturated rings. The number of aryl methyl sites for hydroxylation is 1. The van der Waals surface area contributed by atoms with Gasteiger partial charge in [-0.1, -0.05) is 6.07 Å². The number of nitrogens with one attached hydrogen (secondary N) is 2. The van der Waals surface area contributed by atoms with Gasteiger partial charge in [0.15, 0.2) is 0 Å². The van der Waals surface area contributed by atoms with E-state index in [-0.39, 0.29) is 11.6 Å². The van der Waals surface area contributed by atoms with Gasteiger partial charge in [0.2, 0.25) is 0 Å². The smallest absolute Gasteiger partial charge is 0.335 e. The summed E-state index contributed by atoms with van der Waals surface area (Å²) in [6.07, 6.45) is 0.668. The van der Waals surface area contributed by atoms with Gasteiger partial charge in [-0.3, -0.25) is 0 Å². The van der Waals surface area contributed by atoms with E-state index < -0.39 is 5.97 Å². The zero-order valence-electron chi connectivity index (χ0n) is 11.4. The van der Waals surface area contributed by atoms with Crippen LogP contribution in [0.2, 0.25) is 0 Å². The number of carboxylic acids is 1. The molecule has 1 heterocycles. The van der Waals surface area contributed by atoms with Crippen molar-refractivity contribution in [1.82, 2.24) is 10.3 Å². The van der Waals surface area contributed by atoms with E-state index in [0.29, 0.717) is 18.7 Å². The molecule has 0 aliphatic carbocycles. The maximum atomic E-state index is 11.7. The summed E-state index contributed by atoms with van der Waals surface area (Å²) in [4.78, 5) is 26.8. The van der Waals surface area contributed by atoms with Crippen molar-refractivity contribution < 1.29 is 14.7 Å². The van der Waals surface area contributed by atoms with Crippen LogP contribution in [-0.4, -0.2) is 28.6 Å². The highest BCUT2D eigenvalue weighted by Crippen LogP contribution is 2.11. The van der Waals surface area contributed by atoms with Crippen LogP contribution in [0, 0.1) is 6.92 Å². The Kier molecular flexibility index (Phi) is 4.89. The van der Waals surface area contributed by atoms with E-state index in [1.165, 1.54) is 12.1 Å². The standard InChI is InChI=1S/C14H15N3O3S/c1-9-8-21-12(16-9)5-6-15-14(20)17-11-4-2-3-10(7-11)13(18)19/h2-4,7-8H,5-6H2,1H3,(H,18,19)(H2,15,17,20). The average molecular weight is 305 g/mol. The van der Waals surface area contributed by atoms with Gasteiger partial charge >= 0.3 is 12.0 Å². The number of hydrogen-bond acceptors (Lipinski definition) is 4. The molecule has 0 bridgehead atoms. The molecule has 110 valence electrons. The second-order valence-corrected chi connectivity index (χ2v) is 5.34. The minimum atomic E-state index is -1.03. The fraction of sp³-hybridized carbons (Fsp3) is 0.214. The van der Waals surface area contributed by atoms with Gasteiger partial charge < -0.3 is 15.7 Å². The molecule has 0 aliphatic rings. The molecule has 0 saturated heterocycles. The van der Waals surface area contributed by atoms with Crippen LogP contribution in [0.3, 0.4) is 0 Å². The van der Waals surface area contributed by atoms with E-state index in [2.05, 4.69) is 15.6 Å². The molecule has 21 heavy (non-hydrogen) atoms. The first-order valence-corrected chi connectivity index (χ1v) is 7.22. The first-order chi connectivity index (χ1) is 10.0. The number of hydrogen-bond donors (Lipinski definition) is 3. The van der Waals surface area contributed by atoms with Crippen LogP contribution in [-0.2, 0) is 6.42 Å². The first kappa shape index (κ1) is 15.0. The van der Waals surface area contributed by atoms with E-state index in [1.807, 2.05) is 12.3 Å².